The second-order valence-electron chi connectivity index (χ2n) is 5.80. The number of rotatable bonds is 7. The lowest BCUT2D eigenvalue weighted by Gasteiger charge is -2.08. The van der Waals surface area contributed by atoms with Crippen LogP contribution in [0.2, 0.25) is 0 Å². The number of nitrogens with zero attached hydrogens (tertiary/aromatic N) is 1. The van der Waals surface area contributed by atoms with E-state index < -0.39 is 0 Å². The molecule has 1 aromatic heterocycles. The van der Waals surface area contributed by atoms with Gasteiger partial charge in [0.05, 0.1) is 20.8 Å². The van der Waals surface area contributed by atoms with Crippen molar-refractivity contribution >= 4 is 22.6 Å². The maximum atomic E-state index is 12.2. The molecule has 0 fully saturated rings. The van der Waals surface area contributed by atoms with Crippen LogP contribution in [0.3, 0.4) is 0 Å². The molecule has 0 atom stereocenters. The molecule has 0 spiro atoms. The quantitative estimate of drug-likeness (QED) is 0.664. The van der Waals surface area contributed by atoms with Gasteiger partial charge < -0.3 is 19.4 Å². The number of benzene rings is 2. The van der Waals surface area contributed by atoms with Crippen molar-refractivity contribution in [3.8, 4) is 11.5 Å². The fourth-order valence-electron chi connectivity index (χ4n) is 2.71. The molecule has 6 nitrogen and oxygen atoms in total. The van der Waals surface area contributed by atoms with Crippen molar-refractivity contribution in [2.24, 2.45) is 0 Å². The molecule has 0 unspecified atom stereocenters. The number of carbonyl (C=O) groups excluding carboxylic acids is 2. The van der Waals surface area contributed by atoms with Gasteiger partial charge in [0.25, 0.3) is 0 Å². The van der Waals surface area contributed by atoms with Crippen LogP contribution in [0.15, 0.2) is 54.7 Å². The van der Waals surface area contributed by atoms with E-state index in [9.17, 15) is 9.59 Å². The van der Waals surface area contributed by atoms with Gasteiger partial charge in [-0.05, 0) is 48.5 Å². The Labute approximate surface area is 151 Å². The normalized spacial score (nSPS) is 10.5. The average Bonchev–Trinajstić information content (AvgIpc) is 3.08. The predicted octanol–water partition coefficient (Wildman–Crippen LogP) is 2.66. The zero-order valence-corrected chi connectivity index (χ0v) is 14.7. The molecule has 0 aliphatic heterocycles. The Bertz CT molecular complexity index is 929. The number of ketones is 1. The number of carbonyl (C=O) groups is 2. The Balaban J connectivity index is 1.59. The Kier molecular flexibility index (Phi) is 5.22. The summed E-state index contributed by atoms with van der Waals surface area (Å²) in [4.78, 5) is 24.3. The highest BCUT2D eigenvalue weighted by molar-refractivity contribution is 5.99. The first-order valence-corrected chi connectivity index (χ1v) is 8.17. The molecule has 0 aliphatic rings. The van der Waals surface area contributed by atoms with E-state index in [1.807, 2.05) is 35.0 Å². The van der Waals surface area contributed by atoms with Crippen molar-refractivity contribution in [3.05, 3.63) is 60.3 Å². The largest absolute Gasteiger partial charge is 0.497 e. The SMILES string of the molecule is COc1ccc(C(=O)CNC(=O)Cn2ccc3cc(OC)ccc32)cc1. The summed E-state index contributed by atoms with van der Waals surface area (Å²) in [5.74, 6) is 1.08. The molecule has 0 aliphatic carbocycles. The van der Waals surface area contributed by atoms with Crippen LogP contribution in [0.4, 0.5) is 0 Å². The summed E-state index contributed by atoms with van der Waals surface area (Å²) >= 11 is 0. The average molecular weight is 352 g/mol. The Morgan fingerprint density at radius 2 is 1.65 bits per heavy atom. The maximum Gasteiger partial charge on any atom is 0.240 e. The van der Waals surface area contributed by atoms with E-state index in [1.165, 1.54) is 0 Å². The number of methoxy groups -OCH3 is 2. The standard InChI is InChI=1S/C20H20N2O4/c1-25-16-5-3-14(4-6-16)19(23)12-21-20(24)13-22-10-9-15-11-17(26-2)7-8-18(15)22/h3-11H,12-13H2,1-2H3,(H,21,24). The summed E-state index contributed by atoms with van der Waals surface area (Å²) in [6.45, 7) is 0.101. The van der Waals surface area contributed by atoms with E-state index in [0.717, 1.165) is 16.7 Å². The maximum absolute atomic E-state index is 12.2. The van der Waals surface area contributed by atoms with Gasteiger partial charge in [-0.3, -0.25) is 9.59 Å². The van der Waals surface area contributed by atoms with Crippen molar-refractivity contribution in [1.82, 2.24) is 9.88 Å². The molecule has 1 amide bonds. The lowest BCUT2D eigenvalue weighted by atomic mass is 10.1. The lowest BCUT2D eigenvalue weighted by Crippen LogP contribution is -2.32. The number of hydrogen-bond acceptors (Lipinski definition) is 4. The van der Waals surface area contributed by atoms with E-state index in [1.54, 1.807) is 38.5 Å². The summed E-state index contributed by atoms with van der Waals surface area (Å²) < 4.78 is 12.1. The van der Waals surface area contributed by atoms with Crippen LogP contribution < -0.4 is 14.8 Å². The first-order chi connectivity index (χ1) is 12.6. The second-order valence-corrected chi connectivity index (χ2v) is 5.80. The molecule has 2 aromatic carbocycles. The number of nitrogens with one attached hydrogen (secondary N) is 1. The third-order valence-corrected chi connectivity index (χ3v) is 4.15. The number of aromatic nitrogens is 1. The molecular weight excluding hydrogens is 332 g/mol. The monoisotopic (exact) mass is 352 g/mol. The van der Waals surface area contributed by atoms with Crippen molar-refractivity contribution < 1.29 is 19.1 Å². The van der Waals surface area contributed by atoms with Gasteiger partial charge in [0.15, 0.2) is 5.78 Å². The predicted molar refractivity (Wildman–Crippen MR) is 98.8 cm³/mol. The van der Waals surface area contributed by atoms with Gasteiger partial charge in [-0.1, -0.05) is 0 Å². The highest BCUT2D eigenvalue weighted by atomic mass is 16.5. The van der Waals surface area contributed by atoms with Gasteiger partial charge in [-0.25, -0.2) is 0 Å². The van der Waals surface area contributed by atoms with Gasteiger partial charge >= 0.3 is 0 Å². The number of fused-ring (bicyclic) bond motifs is 1. The Morgan fingerprint density at radius 3 is 2.35 bits per heavy atom. The van der Waals surface area contributed by atoms with Gasteiger partial charge in [0.1, 0.15) is 18.0 Å². The fourth-order valence-corrected chi connectivity index (χ4v) is 2.71. The van der Waals surface area contributed by atoms with E-state index in [0.29, 0.717) is 11.3 Å². The number of amides is 1. The van der Waals surface area contributed by atoms with E-state index >= 15 is 0 Å². The van der Waals surface area contributed by atoms with Gasteiger partial charge in [-0.15, -0.1) is 0 Å². The van der Waals surface area contributed by atoms with Crippen molar-refractivity contribution in [2.45, 2.75) is 6.54 Å². The molecule has 134 valence electrons. The van der Waals surface area contributed by atoms with Crippen LogP contribution in [0.1, 0.15) is 10.4 Å². The molecule has 0 saturated carbocycles. The van der Waals surface area contributed by atoms with Gasteiger partial charge in [-0.2, -0.15) is 0 Å². The molecule has 26 heavy (non-hydrogen) atoms. The summed E-state index contributed by atoms with van der Waals surface area (Å²) in [6.07, 6.45) is 1.84. The summed E-state index contributed by atoms with van der Waals surface area (Å²) in [6, 6.07) is 14.4. The highest BCUT2D eigenvalue weighted by Gasteiger charge is 2.10. The third-order valence-electron chi connectivity index (χ3n) is 4.15. The minimum absolute atomic E-state index is 0.0435. The Morgan fingerprint density at radius 1 is 0.962 bits per heavy atom. The smallest absolute Gasteiger partial charge is 0.240 e. The van der Waals surface area contributed by atoms with Crippen LogP contribution >= 0.6 is 0 Å². The second kappa shape index (κ2) is 7.74. The highest BCUT2D eigenvalue weighted by Crippen LogP contribution is 2.21. The number of ether oxygens (including phenoxy) is 2. The van der Waals surface area contributed by atoms with E-state index in [2.05, 4.69) is 5.32 Å². The molecule has 3 aromatic rings. The topological polar surface area (TPSA) is 69.6 Å². The molecule has 1 heterocycles. The Hall–Kier alpha value is -3.28. The third kappa shape index (κ3) is 3.85. The van der Waals surface area contributed by atoms with E-state index in [4.69, 9.17) is 9.47 Å². The summed E-state index contributed by atoms with van der Waals surface area (Å²) in [7, 11) is 3.18. The number of Topliss-reactive ketones (excluding diaryl/α,β-unsaturated/α-hetero) is 1. The zero-order chi connectivity index (χ0) is 18.5. The minimum atomic E-state index is -0.222. The molecular formula is C20H20N2O4. The molecule has 0 bridgehead atoms. The summed E-state index contributed by atoms with van der Waals surface area (Å²) in [5, 5.41) is 3.66. The molecule has 0 radical (unpaired) electrons. The van der Waals surface area contributed by atoms with E-state index in [-0.39, 0.29) is 24.8 Å². The molecule has 0 saturated heterocycles. The molecule has 1 N–H and O–H groups in total. The van der Waals surface area contributed by atoms with Crippen LogP contribution in [-0.2, 0) is 11.3 Å². The fraction of sp³-hybridized carbons (Fsp3) is 0.200. The van der Waals surface area contributed by atoms with Gasteiger partial charge in [0, 0.05) is 22.7 Å². The first kappa shape index (κ1) is 17.5. The molecule has 3 rings (SSSR count). The van der Waals surface area contributed by atoms with Crippen molar-refractivity contribution in [2.75, 3.05) is 20.8 Å². The first-order valence-electron chi connectivity index (χ1n) is 8.17. The lowest BCUT2D eigenvalue weighted by molar-refractivity contribution is -0.121. The van der Waals surface area contributed by atoms with Crippen LogP contribution in [0, 0.1) is 0 Å². The van der Waals surface area contributed by atoms with Crippen molar-refractivity contribution in [3.63, 3.8) is 0 Å². The zero-order valence-electron chi connectivity index (χ0n) is 14.7. The van der Waals surface area contributed by atoms with Gasteiger partial charge in [0.2, 0.25) is 5.91 Å². The number of hydrogen-bond donors (Lipinski definition) is 1. The molecule has 6 heteroatoms. The summed E-state index contributed by atoms with van der Waals surface area (Å²) in [5.41, 5.74) is 1.46. The minimum Gasteiger partial charge on any atom is -0.497 e. The van der Waals surface area contributed by atoms with Crippen molar-refractivity contribution in [1.29, 1.82) is 0 Å². The van der Waals surface area contributed by atoms with Crippen LogP contribution in [-0.4, -0.2) is 37.0 Å². The van der Waals surface area contributed by atoms with Crippen LogP contribution in [0.5, 0.6) is 11.5 Å². The van der Waals surface area contributed by atoms with Crippen LogP contribution in [0.25, 0.3) is 10.9 Å².